The molecule has 122 valence electrons. The molecule has 0 bridgehead atoms. The largest absolute Gasteiger partial charge is 0.453 e. The highest BCUT2D eigenvalue weighted by Crippen LogP contribution is 2.31. The molecule has 1 rings (SSSR count). The van der Waals surface area contributed by atoms with Crippen LogP contribution in [0.4, 0.5) is 10.5 Å². The van der Waals surface area contributed by atoms with E-state index in [1.165, 1.54) is 7.11 Å². The number of rotatable bonds is 3. The third-order valence-electron chi connectivity index (χ3n) is 2.25. The SMILES string of the molecule is COC(=O)N[C@H](NC(=S)Nc1c(Cl)cccc1Cl)C(Cl)(Cl)Cl. The molecular weight excluding hydrogens is 415 g/mol. The van der Waals surface area contributed by atoms with Crippen LogP contribution in [-0.2, 0) is 4.74 Å². The van der Waals surface area contributed by atoms with Crippen LogP contribution in [0.5, 0.6) is 0 Å². The molecule has 1 aromatic rings. The minimum atomic E-state index is -1.88. The quantitative estimate of drug-likeness (QED) is 0.382. The van der Waals surface area contributed by atoms with Crippen molar-refractivity contribution in [1.82, 2.24) is 10.6 Å². The summed E-state index contributed by atoms with van der Waals surface area (Å²) in [5, 5.41) is 8.40. The van der Waals surface area contributed by atoms with Crippen molar-refractivity contribution in [2.24, 2.45) is 0 Å². The summed E-state index contributed by atoms with van der Waals surface area (Å²) in [6.45, 7) is 0. The summed E-state index contributed by atoms with van der Waals surface area (Å²) in [5.41, 5.74) is 0.379. The van der Waals surface area contributed by atoms with Crippen molar-refractivity contribution in [3.63, 3.8) is 0 Å². The molecule has 11 heteroatoms. The van der Waals surface area contributed by atoms with Crippen molar-refractivity contribution < 1.29 is 9.53 Å². The van der Waals surface area contributed by atoms with Gasteiger partial charge in [0.05, 0.1) is 22.8 Å². The van der Waals surface area contributed by atoms with Crippen LogP contribution in [0.3, 0.4) is 0 Å². The fourth-order valence-corrected chi connectivity index (χ4v) is 2.31. The van der Waals surface area contributed by atoms with Crippen molar-refractivity contribution in [1.29, 1.82) is 0 Å². The molecule has 3 N–H and O–H groups in total. The van der Waals surface area contributed by atoms with Gasteiger partial charge in [0.15, 0.2) is 11.3 Å². The number of ether oxygens (including phenoxy) is 1. The lowest BCUT2D eigenvalue weighted by molar-refractivity contribution is 0.166. The van der Waals surface area contributed by atoms with E-state index in [0.717, 1.165) is 0 Å². The maximum Gasteiger partial charge on any atom is 0.408 e. The Hall–Kier alpha value is -0.370. The molecule has 0 aliphatic rings. The Morgan fingerprint density at radius 3 is 2.23 bits per heavy atom. The lowest BCUT2D eigenvalue weighted by Gasteiger charge is -2.27. The zero-order valence-electron chi connectivity index (χ0n) is 10.9. The molecule has 1 atom stereocenters. The minimum absolute atomic E-state index is 0.0303. The minimum Gasteiger partial charge on any atom is -0.453 e. The zero-order valence-corrected chi connectivity index (χ0v) is 15.5. The highest BCUT2D eigenvalue weighted by Gasteiger charge is 2.35. The first-order valence-electron chi connectivity index (χ1n) is 5.58. The Morgan fingerprint density at radius 1 is 1.23 bits per heavy atom. The van der Waals surface area contributed by atoms with Gasteiger partial charge in [-0.2, -0.15) is 0 Å². The van der Waals surface area contributed by atoms with Gasteiger partial charge in [0.1, 0.15) is 0 Å². The van der Waals surface area contributed by atoms with E-state index in [0.29, 0.717) is 15.7 Å². The van der Waals surface area contributed by atoms with Crippen molar-refractivity contribution in [3.05, 3.63) is 28.2 Å². The van der Waals surface area contributed by atoms with Crippen LogP contribution in [0, 0.1) is 0 Å². The lowest BCUT2D eigenvalue weighted by atomic mass is 10.3. The number of alkyl halides is 3. The molecule has 22 heavy (non-hydrogen) atoms. The Bertz CT molecular complexity index is 547. The van der Waals surface area contributed by atoms with Crippen LogP contribution in [0.15, 0.2) is 18.2 Å². The molecule has 0 radical (unpaired) electrons. The molecule has 1 amide bonds. The van der Waals surface area contributed by atoms with E-state index >= 15 is 0 Å². The lowest BCUT2D eigenvalue weighted by Crippen LogP contribution is -2.56. The summed E-state index contributed by atoms with van der Waals surface area (Å²) < 4.78 is 2.56. The van der Waals surface area contributed by atoms with E-state index in [9.17, 15) is 4.79 Å². The van der Waals surface area contributed by atoms with Crippen LogP contribution in [-0.4, -0.2) is 28.3 Å². The number of methoxy groups -OCH3 is 1. The molecule has 1 aromatic carbocycles. The maximum atomic E-state index is 11.3. The summed E-state index contributed by atoms with van der Waals surface area (Å²) in [6.07, 6.45) is -1.95. The number of para-hydroxylation sites is 1. The molecule has 5 nitrogen and oxygen atoms in total. The Labute approximate surface area is 157 Å². The Balaban J connectivity index is 2.81. The number of amides is 1. The van der Waals surface area contributed by atoms with Crippen LogP contribution in [0.2, 0.25) is 10.0 Å². The fourth-order valence-electron chi connectivity index (χ4n) is 1.27. The normalized spacial score (nSPS) is 12.3. The number of thiocarbonyl (C=S) groups is 1. The first kappa shape index (κ1) is 19.7. The van der Waals surface area contributed by atoms with Crippen LogP contribution in [0.25, 0.3) is 0 Å². The Kier molecular flexibility index (Phi) is 7.58. The summed E-state index contributed by atoms with van der Waals surface area (Å²) >= 11 is 34.4. The first-order chi connectivity index (χ1) is 10.1. The molecule has 0 spiro atoms. The highest BCUT2D eigenvalue weighted by molar-refractivity contribution is 7.80. The Morgan fingerprint density at radius 2 is 1.77 bits per heavy atom. The number of anilines is 1. The van der Waals surface area contributed by atoms with Gasteiger partial charge >= 0.3 is 6.09 Å². The number of nitrogens with one attached hydrogen (secondary N) is 3. The zero-order chi connectivity index (χ0) is 16.9. The van der Waals surface area contributed by atoms with Crippen molar-refractivity contribution in [3.8, 4) is 0 Å². The van der Waals surface area contributed by atoms with Crippen molar-refractivity contribution >= 4 is 87.1 Å². The second-order valence-electron chi connectivity index (χ2n) is 3.81. The standard InChI is InChI=1S/C11H10Cl5N3O2S/c1-21-10(20)19-8(11(14,15)16)18-9(22)17-7-5(12)3-2-4-6(7)13/h2-4,8H,1H3,(H,19,20)(H2,17,18,22)/t8-/m0/s1. The van der Waals surface area contributed by atoms with Gasteiger partial charge in [0.2, 0.25) is 3.79 Å². The number of hydrogen-bond donors (Lipinski definition) is 3. The predicted molar refractivity (Wildman–Crippen MR) is 95.4 cm³/mol. The third kappa shape index (κ3) is 6.02. The topological polar surface area (TPSA) is 62.4 Å². The van der Waals surface area contributed by atoms with Gasteiger partial charge in [-0.1, -0.05) is 64.1 Å². The summed E-state index contributed by atoms with van der Waals surface area (Å²) in [4.78, 5) is 11.3. The van der Waals surface area contributed by atoms with Crippen LogP contribution >= 0.6 is 70.2 Å². The summed E-state index contributed by atoms with van der Waals surface area (Å²) in [5.74, 6) is 0. The molecule has 0 aliphatic carbocycles. The number of halogens is 5. The fraction of sp³-hybridized carbons (Fsp3) is 0.273. The molecule has 0 unspecified atom stereocenters. The molecule has 0 heterocycles. The highest BCUT2D eigenvalue weighted by atomic mass is 35.6. The average molecular weight is 426 g/mol. The number of alkyl carbamates (subject to hydrolysis) is 1. The molecular formula is C11H10Cl5N3O2S. The van der Waals surface area contributed by atoms with Gasteiger partial charge in [-0.3, -0.25) is 5.32 Å². The maximum absolute atomic E-state index is 11.3. The predicted octanol–water partition coefficient (Wildman–Crippen LogP) is 4.33. The van der Waals surface area contributed by atoms with Gasteiger partial charge < -0.3 is 15.4 Å². The van der Waals surface area contributed by atoms with Crippen LogP contribution in [0.1, 0.15) is 0 Å². The molecule has 0 aliphatic heterocycles. The number of hydrogen-bond acceptors (Lipinski definition) is 3. The molecule has 0 saturated heterocycles. The van der Waals surface area contributed by atoms with Gasteiger partial charge in [-0.05, 0) is 24.4 Å². The number of carbonyl (C=O) groups excluding carboxylic acids is 1. The van der Waals surface area contributed by atoms with Crippen molar-refractivity contribution in [2.75, 3.05) is 12.4 Å². The molecule has 0 saturated carbocycles. The van der Waals surface area contributed by atoms with Crippen molar-refractivity contribution in [2.45, 2.75) is 9.96 Å². The second kappa shape index (κ2) is 8.47. The smallest absolute Gasteiger partial charge is 0.408 e. The van der Waals surface area contributed by atoms with E-state index in [2.05, 4.69) is 20.7 Å². The summed E-state index contributed by atoms with van der Waals surface area (Å²) in [7, 11) is 1.17. The number of benzene rings is 1. The molecule has 0 aromatic heterocycles. The third-order valence-corrected chi connectivity index (χ3v) is 3.76. The van der Waals surface area contributed by atoms with E-state index in [1.807, 2.05) is 0 Å². The van der Waals surface area contributed by atoms with E-state index < -0.39 is 16.1 Å². The van der Waals surface area contributed by atoms with E-state index in [4.69, 9.17) is 70.2 Å². The number of carbonyl (C=O) groups is 1. The van der Waals surface area contributed by atoms with Crippen LogP contribution < -0.4 is 16.0 Å². The molecule has 0 fully saturated rings. The van der Waals surface area contributed by atoms with Gasteiger partial charge in [0.25, 0.3) is 0 Å². The summed E-state index contributed by atoms with van der Waals surface area (Å²) in [6, 6.07) is 4.92. The average Bonchev–Trinajstić information content (AvgIpc) is 2.41. The first-order valence-corrected chi connectivity index (χ1v) is 7.87. The monoisotopic (exact) mass is 423 g/mol. The van der Waals surface area contributed by atoms with E-state index in [1.54, 1.807) is 18.2 Å². The second-order valence-corrected chi connectivity index (χ2v) is 7.40. The van der Waals surface area contributed by atoms with Gasteiger partial charge in [-0.15, -0.1) is 0 Å². The van der Waals surface area contributed by atoms with Gasteiger partial charge in [0, 0.05) is 0 Å². The van der Waals surface area contributed by atoms with Gasteiger partial charge in [-0.25, -0.2) is 4.79 Å². The van der Waals surface area contributed by atoms with E-state index in [-0.39, 0.29) is 5.11 Å².